The van der Waals surface area contributed by atoms with Crippen LogP contribution in [0.4, 0.5) is 0 Å². The van der Waals surface area contributed by atoms with Crippen LogP contribution >= 0.6 is 0 Å². The van der Waals surface area contributed by atoms with Crippen molar-refractivity contribution in [1.82, 2.24) is 19.3 Å². The average molecular weight is 422 g/mol. The summed E-state index contributed by atoms with van der Waals surface area (Å²) in [5.41, 5.74) is 5.50. The molecule has 0 saturated heterocycles. The van der Waals surface area contributed by atoms with Crippen molar-refractivity contribution in [3.05, 3.63) is 101 Å². The summed E-state index contributed by atoms with van der Waals surface area (Å²) in [5, 5.41) is 5.55. The molecule has 5 aromatic rings. The minimum absolute atomic E-state index is 0.0739. The first-order valence-corrected chi connectivity index (χ1v) is 10.4. The molecule has 0 spiro atoms. The Labute approximate surface area is 185 Å². The summed E-state index contributed by atoms with van der Waals surface area (Å²) in [6.07, 6.45) is 3.60. The highest BCUT2D eigenvalue weighted by atomic mass is 16.5. The van der Waals surface area contributed by atoms with Gasteiger partial charge in [-0.05, 0) is 29.3 Å². The predicted octanol–water partition coefficient (Wildman–Crippen LogP) is 4.58. The molecule has 0 aliphatic heterocycles. The second-order valence-electron chi connectivity index (χ2n) is 7.76. The number of hydrogen-bond acceptors (Lipinski definition) is 4. The molecule has 0 radical (unpaired) electrons. The monoisotopic (exact) mass is 422 g/mol. The lowest BCUT2D eigenvalue weighted by molar-refractivity contribution is 0.292. The molecule has 3 heterocycles. The van der Waals surface area contributed by atoms with Crippen molar-refractivity contribution >= 4 is 10.9 Å². The Balaban J connectivity index is 1.34. The van der Waals surface area contributed by atoms with E-state index in [4.69, 9.17) is 9.72 Å². The van der Waals surface area contributed by atoms with Crippen molar-refractivity contribution in [3.8, 4) is 28.3 Å². The molecular formula is C26H22N4O2. The molecular weight excluding hydrogens is 400 g/mol. The second-order valence-corrected chi connectivity index (χ2v) is 7.76. The first-order valence-electron chi connectivity index (χ1n) is 10.4. The summed E-state index contributed by atoms with van der Waals surface area (Å²) >= 11 is 0. The van der Waals surface area contributed by atoms with Crippen LogP contribution in [0, 0.1) is 0 Å². The van der Waals surface area contributed by atoms with Gasteiger partial charge >= 0.3 is 0 Å². The standard InChI is InChI=1S/C26H22N4O2/c1-29-14-13-21(15-25(29)31)22-16-30(2)28-26(22)32-17-18-7-9-20(10-8-18)24-12-11-19-5-3-4-6-23(19)27-24/h3-16H,17H2,1-2H3. The van der Waals surface area contributed by atoms with Gasteiger partial charge in [-0.2, -0.15) is 0 Å². The van der Waals surface area contributed by atoms with Crippen LogP contribution in [0.3, 0.4) is 0 Å². The number of rotatable bonds is 5. The van der Waals surface area contributed by atoms with Gasteiger partial charge in [0.1, 0.15) is 6.61 Å². The molecule has 0 bridgehead atoms. The van der Waals surface area contributed by atoms with Gasteiger partial charge in [0.15, 0.2) is 0 Å². The Bertz CT molecular complexity index is 1470. The van der Waals surface area contributed by atoms with Crippen molar-refractivity contribution in [2.75, 3.05) is 0 Å². The van der Waals surface area contributed by atoms with E-state index in [-0.39, 0.29) is 5.56 Å². The molecule has 0 atom stereocenters. The van der Waals surface area contributed by atoms with E-state index >= 15 is 0 Å². The Hall–Kier alpha value is -4.19. The quantitative estimate of drug-likeness (QED) is 0.416. The Kier molecular flexibility index (Phi) is 5.03. The van der Waals surface area contributed by atoms with E-state index in [1.165, 1.54) is 4.57 Å². The molecule has 6 heteroatoms. The molecule has 0 N–H and O–H groups in total. The van der Waals surface area contributed by atoms with Gasteiger partial charge in [-0.1, -0.05) is 48.5 Å². The highest BCUT2D eigenvalue weighted by Crippen LogP contribution is 2.28. The number of ether oxygens (including phenoxy) is 1. The van der Waals surface area contributed by atoms with Crippen LogP contribution in [0.15, 0.2) is 90.0 Å². The minimum Gasteiger partial charge on any atom is -0.471 e. The van der Waals surface area contributed by atoms with Crippen LogP contribution in [-0.4, -0.2) is 19.3 Å². The summed E-state index contributed by atoms with van der Waals surface area (Å²) < 4.78 is 9.24. The van der Waals surface area contributed by atoms with E-state index in [2.05, 4.69) is 29.4 Å². The van der Waals surface area contributed by atoms with Crippen molar-refractivity contribution in [2.45, 2.75) is 6.61 Å². The summed E-state index contributed by atoms with van der Waals surface area (Å²) in [4.78, 5) is 16.8. The third kappa shape index (κ3) is 3.90. The van der Waals surface area contributed by atoms with E-state index in [9.17, 15) is 4.79 Å². The van der Waals surface area contributed by atoms with E-state index in [0.717, 1.165) is 38.9 Å². The molecule has 0 amide bonds. The minimum atomic E-state index is -0.0739. The maximum absolute atomic E-state index is 12.0. The molecule has 0 unspecified atom stereocenters. The number of benzene rings is 2. The maximum Gasteiger partial charge on any atom is 0.250 e. The zero-order valence-electron chi connectivity index (χ0n) is 17.9. The number of hydrogen-bond donors (Lipinski definition) is 0. The van der Waals surface area contributed by atoms with Crippen LogP contribution in [0.2, 0.25) is 0 Å². The van der Waals surface area contributed by atoms with Crippen LogP contribution in [-0.2, 0) is 20.7 Å². The van der Waals surface area contributed by atoms with E-state index in [0.29, 0.717) is 12.5 Å². The molecule has 3 aromatic heterocycles. The van der Waals surface area contributed by atoms with E-state index < -0.39 is 0 Å². The van der Waals surface area contributed by atoms with Crippen LogP contribution in [0.25, 0.3) is 33.3 Å². The van der Waals surface area contributed by atoms with Gasteiger partial charge in [0.25, 0.3) is 5.56 Å². The lowest BCUT2D eigenvalue weighted by Crippen LogP contribution is -2.14. The fourth-order valence-corrected chi connectivity index (χ4v) is 3.64. The zero-order chi connectivity index (χ0) is 22.1. The molecule has 6 nitrogen and oxygen atoms in total. The number of para-hydroxylation sites is 1. The third-order valence-electron chi connectivity index (χ3n) is 5.43. The number of fused-ring (bicyclic) bond motifs is 1. The largest absolute Gasteiger partial charge is 0.471 e. The fraction of sp³-hybridized carbons (Fsp3) is 0.115. The molecule has 0 saturated carbocycles. The first-order chi connectivity index (χ1) is 15.6. The molecule has 158 valence electrons. The number of nitrogens with zero attached hydrogens (tertiary/aromatic N) is 4. The number of aryl methyl sites for hydroxylation is 2. The highest BCUT2D eigenvalue weighted by Gasteiger charge is 2.13. The molecule has 0 fully saturated rings. The molecule has 5 rings (SSSR count). The van der Waals surface area contributed by atoms with Crippen LogP contribution in [0.1, 0.15) is 5.56 Å². The van der Waals surface area contributed by atoms with Gasteiger partial charge in [0.2, 0.25) is 5.88 Å². The van der Waals surface area contributed by atoms with E-state index in [1.807, 2.05) is 55.7 Å². The van der Waals surface area contributed by atoms with Gasteiger partial charge in [-0.15, -0.1) is 5.10 Å². The van der Waals surface area contributed by atoms with Crippen LogP contribution < -0.4 is 10.3 Å². The summed E-state index contributed by atoms with van der Waals surface area (Å²) in [7, 11) is 3.56. The summed E-state index contributed by atoms with van der Waals surface area (Å²) in [6, 6.07) is 23.9. The predicted molar refractivity (Wildman–Crippen MR) is 125 cm³/mol. The van der Waals surface area contributed by atoms with Gasteiger partial charge in [0, 0.05) is 43.5 Å². The molecule has 0 aliphatic carbocycles. The van der Waals surface area contributed by atoms with Crippen molar-refractivity contribution in [3.63, 3.8) is 0 Å². The fourth-order valence-electron chi connectivity index (χ4n) is 3.64. The van der Waals surface area contributed by atoms with Crippen molar-refractivity contribution in [2.24, 2.45) is 14.1 Å². The summed E-state index contributed by atoms with van der Waals surface area (Å²) in [5.74, 6) is 0.501. The normalized spacial score (nSPS) is 11.1. The van der Waals surface area contributed by atoms with Crippen molar-refractivity contribution in [1.29, 1.82) is 0 Å². The second kappa shape index (κ2) is 8.15. The van der Waals surface area contributed by atoms with Gasteiger partial charge in [-0.3, -0.25) is 9.48 Å². The first kappa shape index (κ1) is 19.8. The maximum atomic E-state index is 12.0. The third-order valence-corrected chi connectivity index (χ3v) is 5.43. The number of aromatic nitrogens is 4. The van der Waals surface area contributed by atoms with Crippen molar-refractivity contribution < 1.29 is 4.74 Å². The Morgan fingerprint density at radius 2 is 1.72 bits per heavy atom. The average Bonchev–Trinajstić information content (AvgIpc) is 3.20. The van der Waals surface area contributed by atoms with Gasteiger partial charge in [-0.25, -0.2) is 4.98 Å². The SMILES string of the molecule is Cn1cc(-c2ccn(C)c(=O)c2)c(OCc2ccc(-c3ccc4ccccc4n3)cc2)n1. The summed E-state index contributed by atoms with van der Waals surface area (Å²) in [6.45, 7) is 0.375. The molecule has 0 aliphatic rings. The zero-order valence-corrected chi connectivity index (χ0v) is 17.9. The molecule has 2 aromatic carbocycles. The number of pyridine rings is 2. The Morgan fingerprint density at radius 3 is 2.53 bits per heavy atom. The highest BCUT2D eigenvalue weighted by molar-refractivity contribution is 5.81. The van der Waals surface area contributed by atoms with E-state index in [1.54, 1.807) is 24.0 Å². The lowest BCUT2D eigenvalue weighted by atomic mass is 10.1. The van der Waals surface area contributed by atoms with Gasteiger partial charge < -0.3 is 9.30 Å². The van der Waals surface area contributed by atoms with Gasteiger partial charge in [0.05, 0.1) is 16.8 Å². The lowest BCUT2D eigenvalue weighted by Gasteiger charge is -2.08. The van der Waals surface area contributed by atoms with Crippen LogP contribution in [0.5, 0.6) is 5.88 Å². The molecule has 32 heavy (non-hydrogen) atoms. The topological polar surface area (TPSA) is 61.9 Å². The Morgan fingerprint density at radius 1 is 0.906 bits per heavy atom. The smallest absolute Gasteiger partial charge is 0.250 e.